The van der Waals surface area contributed by atoms with Crippen molar-refractivity contribution < 1.29 is 4.39 Å². The summed E-state index contributed by atoms with van der Waals surface area (Å²) in [6, 6.07) is 9.27. The van der Waals surface area contributed by atoms with Crippen molar-refractivity contribution in [2.24, 2.45) is 0 Å². The van der Waals surface area contributed by atoms with Crippen molar-refractivity contribution >= 4 is 5.69 Å². The number of rotatable bonds is 2. The normalized spacial score (nSPS) is 24.4. The van der Waals surface area contributed by atoms with Crippen LogP contribution in [0.1, 0.15) is 19.8 Å². The first-order valence-corrected chi connectivity index (χ1v) is 6.34. The number of nitrogens with one attached hydrogen (secondary N) is 1. The molecule has 2 atom stereocenters. The summed E-state index contributed by atoms with van der Waals surface area (Å²) in [6.45, 7) is 3.84. The fraction of sp³-hybridized carbons (Fsp3) is 0.500. The highest BCUT2D eigenvalue weighted by Crippen LogP contribution is 2.24. The van der Waals surface area contributed by atoms with Crippen molar-refractivity contribution in [2.45, 2.75) is 31.8 Å². The first kappa shape index (κ1) is 12.8. The van der Waals surface area contributed by atoms with Gasteiger partial charge in [-0.1, -0.05) is 6.07 Å². The molecule has 1 aliphatic rings. The zero-order valence-electron chi connectivity index (χ0n) is 10.6. The third kappa shape index (κ3) is 2.80. The summed E-state index contributed by atoms with van der Waals surface area (Å²) in [6.07, 6.45) is 1.45. The van der Waals surface area contributed by atoms with Gasteiger partial charge in [0.2, 0.25) is 0 Å². The standard InChI is InChI=1S/C14H18FN3/c1-11-6-8-17-10-14(5-7-16)18(11)13-4-2-3-12(15)9-13/h2-4,9,11,14,17H,5-6,8,10H2,1H3. The molecule has 0 aliphatic carbocycles. The predicted molar refractivity (Wildman–Crippen MR) is 69.8 cm³/mol. The van der Waals surface area contributed by atoms with Crippen LogP contribution >= 0.6 is 0 Å². The van der Waals surface area contributed by atoms with Crippen LogP contribution in [0.5, 0.6) is 0 Å². The fourth-order valence-electron chi connectivity index (χ4n) is 2.55. The van der Waals surface area contributed by atoms with Crippen LogP contribution < -0.4 is 10.2 Å². The minimum Gasteiger partial charge on any atom is -0.363 e. The van der Waals surface area contributed by atoms with Crippen molar-refractivity contribution in [3.05, 3.63) is 30.1 Å². The van der Waals surface area contributed by atoms with Crippen LogP contribution in [-0.2, 0) is 0 Å². The highest BCUT2D eigenvalue weighted by atomic mass is 19.1. The Labute approximate surface area is 107 Å². The first-order valence-electron chi connectivity index (χ1n) is 6.34. The van der Waals surface area contributed by atoms with Crippen molar-refractivity contribution in [1.82, 2.24) is 5.32 Å². The lowest BCUT2D eigenvalue weighted by molar-refractivity contribution is 0.548. The van der Waals surface area contributed by atoms with Gasteiger partial charge in [-0.05, 0) is 38.1 Å². The van der Waals surface area contributed by atoms with E-state index in [0.717, 1.165) is 25.2 Å². The van der Waals surface area contributed by atoms with Gasteiger partial charge in [0.15, 0.2) is 0 Å². The average molecular weight is 247 g/mol. The van der Waals surface area contributed by atoms with E-state index >= 15 is 0 Å². The van der Waals surface area contributed by atoms with Gasteiger partial charge in [0.25, 0.3) is 0 Å². The second-order valence-corrected chi connectivity index (χ2v) is 4.75. The van der Waals surface area contributed by atoms with E-state index in [1.165, 1.54) is 6.07 Å². The molecule has 1 aliphatic heterocycles. The summed E-state index contributed by atoms with van der Waals surface area (Å²) in [5.41, 5.74) is 0.867. The van der Waals surface area contributed by atoms with Crippen LogP contribution in [0, 0.1) is 17.1 Å². The van der Waals surface area contributed by atoms with Gasteiger partial charge in [0.05, 0.1) is 18.5 Å². The number of nitriles is 1. The SMILES string of the molecule is CC1CCNCC(CC#N)N1c1cccc(F)c1. The number of hydrogen-bond donors (Lipinski definition) is 1. The van der Waals surface area contributed by atoms with E-state index in [2.05, 4.69) is 23.2 Å². The lowest BCUT2D eigenvalue weighted by Gasteiger charge is -2.35. The van der Waals surface area contributed by atoms with Crippen molar-refractivity contribution in [3.63, 3.8) is 0 Å². The Morgan fingerprint density at radius 1 is 1.56 bits per heavy atom. The van der Waals surface area contributed by atoms with E-state index in [9.17, 15) is 4.39 Å². The zero-order valence-corrected chi connectivity index (χ0v) is 10.6. The summed E-state index contributed by atoms with van der Waals surface area (Å²) in [4.78, 5) is 2.17. The lowest BCUT2D eigenvalue weighted by Crippen LogP contribution is -2.43. The first-order chi connectivity index (χ1) is 8.72. The summed E-state index contributed by atoms with van der Waals surface area (Å²) in [7, 11) is 0. The van der Waals surface area contributed by atoms with Gasteiger partial charge in [0, 0.05) is 18.3 Å². The summed E-state index contributed by atoms with van der Waals surface area (Å²) >= 11 is 0. The molecule has 0 bridgehead atoms. The monoisotopic (exact) mass is 247 g/mol. The number of hydrogen-bond acceptors (Lipinski definition) is 3. The predicted octanol–water partition coefficient (Wildman–Crippen LogP) is 2.30. The topological polar surface area (TPSA) is 39.1 Å². The van der Waals surface area contributed by atoms with E-state index in [0.29, 0.717) is 12.5 Å². The smallest absolute Gasteiger partial charge is 0.125 e. The van der Waals surface area contributed by atoms with Crippen LogP contribution in [0.3, 0.4) is 0 Å². The molecule has 18 heavy (non-hydrogen) atoms. The molecule has 1 N–H and O–H groups in total. The zero-order chi connectivity index (χ0) is 13.0. The van der Waals surface area contributed by atoms with E-state index in [-0.39, 0.29) is 11.9 Å². The molecule has 0 aromatic heterocycles. The molecule has 96 valence electrons. The summed E-state index contributed by atoms with van der Waals surface area (Å²) in [5, 5.41) is 12.3. The Kier molecular flexibility index (Phi) is 4.16. The molecule has 1 saturated heterocycles. The van der Waals surface area contributed by atoms with Gasteiger partial charge in [-0.2, -0.15) is 5.26 Å². The minimum absolute atomic E-state index is 0.106. The third-order valence-electron chi connectivity index (χ3n) is 3.42. The maximum atomic E-state index is 13.4. The van der Waals surface area contributed by atoms with Crippen LogP contribution in [0.2, 0.25) is 0 Å². The molecule has 0 amide bonds. The van der Waals surface area contributed by atoms with Gasteiger partial charge < -0.3 is 10.2 Å². The van der Waals surface area contributed by atoms with Gasteiger partial charge in [-0.3, -0.25) is 0 Å². The molecule has 2 rings (SSSR count). The number of anilines is 1. The summed E-state index contributed by atoms with van der Waals surface area (Å²) in [5.74, 6) is -0.229. The molecule has 3 nitrogen and oxygen atoms in total. The van der Waals surface area contributed by atoms with E-state index < -0.39 is 0 Å². The van der Waals surface area contributed by atoms with Crippen molar-refractivity contribution in [2.75, 3.05) is 18.0 Å². The highest BCUT2D eigenvalue weighted by molar-refractivity contribution is 5.49. The molecule has 0 radical (unpaired) electrons. The van der Waals surface area contributed by atoms with Crippen LogP contribution in [0.15, 0.2) is 24.3 Å². The second-order valence-electron chi connectivity index (χ2n) is 4.75. The Hall–Kier alpha value is -1.60. The molecular formula is C14H18FN3. The average Bonchev–Trinajstić information content (AvgIpc) is 2.52. The van der Waals surface area contributed by atoms with Crippen LogP contribution in [0.4, 0.5) is 10.1 Å². The Balaban J connectivity index is 2.31. The molecule has 0 saturated carbocycles. The second kappa shape index (κ2) is 5.83. The van der Waals surface area contributed by atoms with Crippen LogP contribution in [-0.4, -0.2) is 25.2 Å². The summed E-state index contributed by atoms with van der Waals surface area (Å²) < 4.78 is 13.4. The van der Waals surface area contributed by atoms with Gasteiger partial charge in [-0.15, -0.1) is 0 Å². The minimum atomic E-state index is -0.229. The van der Waals surface area contributed by atoms with Gasteiger partial charge in [-0.25, -0.2) is 4.39 Å². The van der Waals surface area contributed by atoms with E-state index in [4.69, 9.17) is 5.26 Å². The molecule has 0 spiro atoms. The third-order valence-corrected chi connectivity index (χ3v) is 3.42. The molecule has 2 unspecified atom stereocenters. The van der Waals surface area contributed by atoms with Gasteiger partial charge >= 0.3 is 0 Å². The van der Waals surface area contributed by atoms with Crippen molar-refractivity contribution in [3.8, 4) is 6.07 Å². The molecule has 4 heteroatoms. The maximum Gasteiger partial charge on any atom is 0.125 e. The molecule has 1 fully saturated rings. The van der Waals surface area contributed by atoms with Crippen LogP contribution in [0.25, 0.3) is 0 Å². The Bertz CT molecular complexity index is 441. The Morgan fingerprint density at radius 2 is 2.39 bits per heavy atom. The number of halogens is 1. The molecule has 1 heterocycles. The quantitative estimate of drug-likeness (QED) is 0.871. The maximum absolute atomic E-state index is 13.4. The molecule has 1 aromatic carbocycles. The van der Waals surface area contributed by atoms with E-state index in [1.807, 2.05) is 6.07 Å². The number of nitrogens with zero attached hydrogens (tertiary/aromatic N) is 2. The lowest BCUT2D eigenvalue weighted by atomic mass is 10.1. The van der Waals surface area contributed by atoms with Gasteiger partial charge in [0.1, 0.15) is 5.82 Å². The highest BCUT2D eigenvalue weighted by Gasteiger charge is 2.26. The van der Waals surface area contributed by atoms with Crippen molar-refractivity contribution in [1.29, 1.82) is 5.26 Å². The Morgan fingerprint density at radius 3 is 3.11 bits per heavy atom. The fourth-order valence-corrected chi connectivity index (χ4v) is 2.55. The van der Waals surface area contributed by atoms with E-state index in [1.54, 1.807) is 12.1 Å². The molecule has 1 aromatic rings. The number of benzene rings is 1. The molecular weight excluding hydrogens is 229 g/mol. The largest absolute Gasteiger partial charge is 0.363 e.